The Kier molecular flexibility index (Phi) is 6.66. The molecule has 0 aromatic heterocycles. The van der Waals surface area contributed by atoms with E-state index in [9.17, 15) is 57.5 Å². The zero-order valence-corrected chi connectivity index (χ0v) is 10.8. The molecule has 0 amide bonds. The maximum Gasteiger partial charge on any atom is 0.508 e. The zero-order chi connectivity index (χ0) is 19.6. The van der Waals surface area contributed by atoms with Gasteiger partial charge in [-0.3, -0.25) is 0 Å². The molecule has 0 aromatic carbocycles. The van der Waals surface area contributed by atoms with Gasteiger partial charge < -0.3 is 9.47 Å². The first kappa shape index (κ1) is 22.4. The second kappa shape index (κ2) is 7.13. The lowest BCUT2D eigenvalue weighted by molar-refractivity contribution is -0.257. The molecular weight excluding hydrogens is 384 g/mol. The van der Waals surface area contributed by atoms with Crippen LogP contribution in [0.2, 0.25) is 0 Å². The van der Waals surface area contributed by atoms with Gasteiger partial charge in [0.1, 0.15) is 0 Å². The summed E-state index contributed by atoms with van der Waals surface area (Å²) in [6.07, 6.45) is -24.2. The van der Waals surface area contributed by atoms with Crippen molar-refractivity contribution in [2.75, 3.05) is 13.2 Å². The Labute approximate surface area is 124 Å². The summed E-state index contributed by atoms with van der Waals surface area (Å²) in [7, 11) is 0. The molecule has 0 N–H and O–H groups in total. The second-order valence-electron chi connectivity index (χ2n) is 4.16. The van der Waals surface area contributed by atoms with Crippen molar-refractivity contribution in [2.24, 2.45) is 0 Å². The highest BCUT2D eigenvalue weighted by molar-refractivity contribution is 5.59. The van der Waals surface area contributed by atoms with Crippen LogP contribution in [0.5, 0.6) is 0 Å². The molecule has 0 radical (unpaired) electrons. The van der Waals surface area contributed by atoms with Gasteiger partial charge in [0.05, 0.1) is 0 Å². The summed E-state index contributed by atoms with van der Waals surface area (Å²) < 4.78 is 152. The van der Waals surface area contributed by atoms with Crippen LogP contribution in [-0.2, 0) is 9.47 Å². The standard InChI is InChI=1S/C9H6F12O3/c10-3(8(16,17)18)6(12,13)1-23-5(22)24-2-7(14,15)4(11)9(19,20)21/h3-4H,1-2H2/t3-,4-/m1/s1. The van der Waals surface area contributed by atoms with E-state index in [1.54, 1.807) is 0 Å². The molecule has 144 valence electrons. The fraction of sp³-hybridized carbons (Fsp3) is 0.889. The van der Waals surface area contributed by atoms with Crippen LogP contribution in [0.3, 0.4) is 0 Å². The van der Waals surface area contributed by atoms with Gasteiger partial charge in [-0.15, -0.1) is 0 Å². The Morgan fingerprint density at radius 2 is 0.917 bits per heavy atom. The van der Waals surface area contributed by atoms with Gasteiger partial charge in [-0.1, -0.05) is 0 Å². The van der Waals surface area contributed by atoms with Crippen molar-refractivity contribution < 1.29 is 67.0 Å². The number of hydrogen-bond acceptors (Lipinski definition) is 3. The molecule has 2 atom stereocenters. The summed E-state index contributed by atoms with van der Waals surface area (Å²) in [6, 6.07) is 0. The smallest absolute Gasteiger partial charge is 0.428 e. The van der Waals surface area contributed by atoms with Crippen molar-refractivity contribution in [1.82, 2.24) is 0 Å². The molecule has 0 heterocycles. The largest absolute Gasteiger partial charge is 0.508 e. The lowest BCUT2D eigenvalue weighted by Crippen LogP contribution is -2.46. The molecule has 0 aliphatic carbocycles. The van der Waals surface area contributed by atoms with Crippen molar-refractivity contribution in [2.45, 2.75) is 36.5 Å². The Bertz CT molecular complexity index is 390. The lowest BCUT2D eigenvalue weighted by atomic mass is 10.2. The average Bonchev–Trinajstić information content (AvgIpc) is 2.39. The summed E-state index contributed by atoms with van der Waals surface area (Å²) in [5.41, 5.74) is 0. The van der Waals surface area contributed by atoms with Crippen LogP contribution in [0.25, 0.3) is 0 Å². The molecule has 0 aliphatic heterocycles. The third-order valence-electron chi connectivity index (χ3n) is 2.08. The van der Waals surface area contributed by atoms with Crippen LogP contribution in [0.1, 0.15) is 0 Å². The number of ether oxygens (including phenoxy) is 2. The van der Waals surface area contributed by atoms with Gasteiger partial charge >= 0.3 is 30.4 Å². The van der Waals surface area contributed by atoms with E-state index < -0.39 is 55.9 Å². The summed E-state index contributed by atoms with van der Waals surface area (Å²) in [5, 5.41) is 0. The molecule has 0 saturated heterocycles. The molecule has 0 unspecified atom stereocenters. The zero-order valence-electron chi connectivity index (χ0n) is 10.8. The van der Waals surface area contributed by atoms with Gasteiger partial charge in [-0.05, 0) is 0 Å². The van der Waals surface area contributed by atoms with E-state index in [1.165, 1.54) is 0 Å². The number of carbonyl (C=O) groups excluding carboxylic acids is 1. The highest BCUT2D eigenvalue weighted by Gasteiger charge is 2.59. The molecule has 15 heteroatoms. The third-order valence-corrected chi connectivity index (χ3v) is 2.08. The maximum atomic E-state index is 12.6. The minimum atomic E-state index is -6.04. The van der Waals surface area contributed by atoms with E-state index in [0.717, 1.165) is 0 Å². The number of halogens is 12. The molecule has 0 aliphatic rings. The highest BCUT2D eigenvalue weighted by Crippen LogP contribution is 2.36. The SMILES string of the molecule is O=C(OCC(F)(F)[C@@H](F)C(F)(F)F)OCC(F)(F)[C@@H](F)C(F)(F)F. The predicted octanol–water partition coefficient (Wildman–Crippen LogP) is 4.21. The normalized spacial score (nSPS) is 16.5. The average molecular weight is 390 g/mol. The summed E-state index contributed by atoms with van der Waals surface area (Å²) in [4.78, 5) is 10.6. The Morgan fingerprint density at radius 1 is 0.667 bits per heavy atom. The molecule has 24 heavy (non-hydrogen) atoms. The van der Waals surface area contributed by atoms with E-state index >= 15 is 0 Å². The van der Waals surface area contributed by atoms with Gasteiger partial charge in [0.2, 0.25) is 0 Å². The Hall–Kier alpha value is -1.57. The Balaban J connectivity index is 4.57. The first-order chi connectivity index (χ1) is 10.4. The van der Waals surface area contributed by atoms with E-state index in [0.29, 0.717) is 0 Å². The fourth-order valence-electron chi connectivity index (χ4n) is 0.977. The van der Waals surface area contributed by atoms with Crippen LogP contribution < -0.4 is 0 Å². The molecule has 0 spiro atoms. The quantitative estimate of drug-likeness (QED) is 0.504. The van der Waals surface area contributed by atoms with E-state index in [1.807, 2.05) is 0 Å². The molecular formula is C9H6F12O3. The molecule has 0 aromatic rings. The minimum Gasteiger partial charge on any atom is -0.428 e. The van der Waals surface area contributed by atoms with Crippen molar-refractivity contribution >= 4 is 6.16 Å². The number of rotatable bonds is 6. The topological polar surface area (TPSA) is 35.5 Å². The van der Waals surface area contributed by atoms with E-state index in [4.69, 9.17) is 0 Å². The second-order valence-corrected chi connectivity index (χ2v) is 4.16. The van der Waals surface area contributed by atoms with Gasteiger partial charge in [-0.25, -0.2) is 13.6 Å². The number of hydrogen-bond donors (Lipinski definition) is 0. The molecule has 3 nitrogen and oxygen atoms in total. The minimum absolute atomic E-state index is 2.59. The van der Waals surface area contributed by atoms with Gasteiger partial charge in [0.15, 0.2) is 13.2 Å². The lowest BCUT2D eigenvalue weighted by Gasteiger charge is -2.23. The van der Waals surface area contributed by atoms with Crippen LogP contribution in [0.4, 0.5) is 57.5 Å². The van der Waals surface area contributed by atoms with E-state index in [2.05, 4.69) is 9.47 Å². The molecule has 0 rings (SSSR count). The predicted molar refractivity (Wildman–Crippen MR) is 49.1 cm³/mol. The summed E-state index contributed by atoms with van der Waals surface area (Å²) in [5.74, 6) is -10.7. The van der Waals surface area contributed by atoms with Crippen LogP contribution in [0, 0.1) is 0 Å². The highest BCUT2D eigenvalue weighted by atomic mass is 19.4. The van der Waals surface area contributed by atoms with Crippen molar-refractivity contribution in [3.05, 3.63) is 0 Å². The van der Waals surface area contributed by atoms with Gasteiger partial charge in [0.25, 0.3) is 12.3 Å². The van der Waals surface area contributed by atoms with Crippen LogP contribution >= 0.6 is 0 Å². The summed E-state index contributed by atoms with van der Waals surface area (Å²) >= 11 is 0. The molecule has 0 saturated carbocycles. The first-order valence-corrected chi connectivity index (χ1v) is 5.38. The van der Waals surface area contributed by atoms with Gasteiger partial charge in [-0.2, -0.15) is 43.9 Å². The van der Waals surface area contributed by atoms with Gasteiger partial charge in [0, 0.05) is 0 Å². The summed E-state index contributed by atoms with van der Waals surface area (Å²) in [6.45, 7) is -5.23. The number of carbonyl (C=O) groups is 1. The van der Waals surface area contributed by atoms with Crippen molar-refractivity contribution in [1.29, 1.82) is 0 Å². The van der Waals surface area contributed by atoms with Crippen LogP contribution in [0.15, 0.2) is 0 Å². The number of alkyl halides is 12. The Morgan fingerprint density at radius 3 is 1.12 bits per heavy atom. The van der Waals surface area contributed by atoms with Crippen molar-refractivity contribution in [3.8, 4) is 0 Å². The van der Waals surface area contributed by atoms with Crippen LogP contribution in [-0.4, -0.2) is 55.9 Å². The van der Waals surface area contributed by atoms with E-state index in [-0.39, 0.29) is 0 Å². The fourth-order valence-corrected chi connectivity index (χ4v) is 0.977. The molecule has 0 fully saturated rings. The molecule has 0 bridgehead atoms. The van der Waals surface area contributed by atoms with Crippen molar-refractivity contribution in [3.63, 3.8) is 0 Å². The monoisotopic (exact) mass is 390 g/mol. The first-order valence-electron chi connectivity index (χ1n) is 5.38. The third kappa shape index (κ3) is 6.51. The maximum absolute atomic E-state index is 12.6.